The monoisotopic (exact) mass is 345 g/mol. The van der Waals surface area contributed by atoms with E-state index in [9.17, 15) is 14.7 Å². The molecule has 0 aromatic heterocycles. The zero-order chi connectivity index (χ0) is 17.8. The molecule has 0 spiro atoms. The maximum Gasteiger partial charge on any atom is 0.253 e. The molecule has 2 amide bonds. The lowest BCUT2D eigenvalue weighted by Gasteiger charge is -2.35. The third kappa shape index (κ3) is 4.58. The van der Waals surface area contributed by atoms with E-state index in [0.717, 1.165) is 31.6 Å². The summed E-state index contributed by atoms with van der Waals surface area (Å²) < 4.78 is 0. The number of likely N-dealkylation sites (tertiary alicyclic amines) is 1. The molecule has 2 saturated heterocycles. The molecule has 1 aromatic carbocycles. The Kier molecular flexibility index (Phi) is 5.71. The summed E-state index contributed by atoms with van der Waals surface area (Å²) in [7, 11) is 0. The summed E-state index contributed by atoms with van der Waals surface area (Å²) in [6.45, 7) is 6.88. The van der Waals surface area contributed by atoms with Crippen LogP contribution in [0.1, 0.15) is 35.7 Å². The molecule has 1 N–H and O–H groups in total. The number of hydrogen-bond donors (Lipinski definition) is 1. The SMILES string of the molecule is C[C@H](O)CN1CCN(C(=O)c2ccc(CN3CCCC3=O)cc2)CC1. The largest absolute Gasteiger partial charge is 0.392 e. The van der Waals surface area contributed by atoms with E-state index in [1.165, 1.54) is 0 Å². The number of carbonyl (C=O) groups excluding carboxylic acids is 2. The molecule has 1 aromatic rings. The van der Waals surface area contributed by atoms with Crippen molar-refractivity contribution in [1.29, 1.82) is 0 Å². The third-order valence-electron chi connectivity index (χ3n) is 4.93. The van der Waals surface area contributed by atoms with Crippen molar-refractivity contribution in [2.45, 2.75) is 32.4 Å². The Hall–Kier alpha value is -1.92. The first kappa shape index (κ1) is 17.9. The lowest BCUT2D eigenvalue weighted by atomic mass is 10.1. The van der Waals surface area contributed by atoms with Crippen LogP contribution < -0.4 is 0 Å². The van der Waals surface area contributed by atoms with Crippen LogP contribution in [0.25, 0.3) is 0 Å². The fourth-order valence-electron chi connectivity index (χ4n) is 3.53. The second-order valence-corrected chi connectivity index (χ2v) is 7.06. The van der Waals surface area contributed by atoms with Gasteiger partial charge in [0.15, 0.2) is 0 Å². The average molecular weight is 345 g/mol. The molecule has 2 aliphatic rings. The number of amides is 2. The molecule has 2 heterocycles. The Morgan fingerprint density at radius 3 is 2.36 bits per heavy atom. The quantitative estimate of drug-likeness (QED) is 0.863. The Bertz CT molecular complexity index is 607. The topological polar surface area (TPSA) is 64.1 Å². The molecule has 2 fully saturated rings. The third-order valence-corrected chi connectivity index (χ3v) is 4.93. The van der Waals surface area contributed by atoms with Crippen LogP contribution in [0.3, 0.4) is 0 Å². The number of benzene rings is 1. The van der Waals surface area contributed by atoms with E-state index >= 15 is 0 Å². The molecule has 0 saturated carbocycles. The summed E-state index contributed by atoms with van der Waals surface area (Å²) in [4.78, 5) is 30.3. The highest BCUT2D eigenvalue weighted by molar-refractivity contribution is 5.94. The van der Waals surface area contributed by atoms with Gasteiger partial charge in [-0.3, -0.25) is 14.5 Å². The molecule has 0 unspecified atom stereocenters. The average Bonchev–Trinajstić information content (AvgIpc) is 3.00. The van der Waals surface area contributed by atoms with Crippen molar-refractivity contribution in [1.82, 2.24) is 14.7 Å². The minimum absolute atomic E-state index is 0.0560. The number of rotatable bonds is 5. The van der Waals surface area contributed by atoms with Gasteiger partial charge in [0.1, 0.15) is 0 Å². The van der Waals surface area contributed by atoms with Crippen LogP contribution in [0.15, 0.2) is 24.3 Å². The molecule has 25 heavy (non-hydrogen) atoms. The maximum atomic E-state index is 12.6. The number of aliphatic hydroxyl groups is 1. The van der Waals surface area contributed by atoms with Crippen molar-refractivity contribution in [3.05, 3.63) is 35.4 Å². The number of β-amino-alcohol motifs (C(OH)–C–C–N with tert-alkyl or cyclic N) is 1. The van der Waals surface area contributed by atoms with Crippen LogP contribution in [0, 0.1) is 0 Å². The van der Waals surface area contributed by atoms with Gasteiger partial charge in [0, 0.05) is 57.8 Å². The molecule has 6 nitrogen and oxygen atoms in total. The summed E-state index contributed by atoms with van der Waals surface area (Å²) in [5.41, 5.74) is 1.76. The smallest absolute Gasteiger partial charge is 0.253 e. The Morgan fingerprint density at radius 1 is 1.12 bits per heavy atom. The first-order valence-corrected chi connectivity index (χ1v) is 9.09. The molecule has 2 aliphatic heterocycles. The van der Waals surface area contributed by atoms with Crippen molar-refractivity contribution in [2.75, 3.05) is 39.3 Å². The van der Waals surface area contributed by atoms with Crippen LogP contribution in [0.2, 0.25) is 0 Å². The predicted octanol–water partition coefficient (Wildman–Crippen LogP) is 0.948. The number of aliphatic hydroxyl groups excluding tert-OH is 1. The van der Waals surface area contributed by atoms with Gasteiger partial charge in [-0.15, -0.1) is 0 Å². The molecule has 6 heteroatoms. The summed E-state index contributed by atoms with van der Waals surface area (Å²) in [6, 6.07) is 7.62. The predicted molar refractivity (Wildman–Crippen MR) is 95.1 cm³/mol. The first-order chi connectivity index (χ1) is 12.0. The van der Waals surface area contributed by atoms with Crippen LogP contribution in [0.5, 0.6) is 0 Å². The van der Waals surface area contributed by atoms with Crippen LogP contribution >= 0.6 is 0 Å². The van der Waals surface area contributed by atoms with Crippen molar-refractivity contribution in [3.8, 4) is 0 Å². The van der Waals surface area contributed by atoms with Gasteiger partial charge in [-0.1, -0.05) is 12.1 Å². The summed E-state index contributed by atoms with van der Waals surface area (Å²) in [5.74, 6) is 0.274. The highest BCUT2D eigenvalue weighted by atomic mass is 16.3. The van der Waals surface area contributed by atoms with Crippen molar-refractivity contribution < 1.29 is 14.7 Å². The van der Waals surface area contributed by atoms with Gasteiger partial charge in [0.05, 0.1) is 6.10 Å². The molecule has 3 rings (SSSR count). The number of hydrogen-bond acceptors (Lipinski definition) is 4. The normalized spacial score (nSPS) is 20.2. The van der Waals surface area contributed by atoms with Gasteiger partial charge < -0.3 is 14.9 Å². The molecular formula is C19H27N3O3. The first-order valence-electron chi connectivity index (χ1n) is 9.09. The fraction of sp³-hybridized carbons (Fsp3) is 0.579. The number of nitrogens with zero attached hydrogens (tertiary/aromatic N) is 3. The lowest BCUT2D eigenvalue weighted by Crippen LogP contribution is -2.50. The molecule has 0 aliphatic carbocycles. The van der Waals surface area contributed by atoms with Gasteiger partial charge in [-0.25, -0.2) is 0 Å². The molecule has 0 radical (unpaired) electrons. The summed E-state index contributed by atoms with van der Waals surface area (Å²) >= 11 is 0. The molecule has 136 valence electrons. The zero-order valence-electron chi connectivity index (χ0n) is 14.9. The standard InChI is InChI=1S/C19H27N3O3/c1-15(23)13-20-9-11-21(12-10-20)19(25)17-6-4-16(5-7-17)14-22-8-2-3-18(22)24/h4-7,15,23H,2-3,8-14H2,1H3/t15-/m0/s1. The Morgan fingerprint density at radius 2 is 1.80 bits per heavy atom. The fourth-order valence-corrected chi connectivity index (χ4v) is 3.53. The van der Waals surface area contributed by atoms with E-state index in [1.807, 2.05) is 34.1 Å². The second-order valence-electron chi connectivity index (χ2n) is 7.06. The highest BCUT2D eigenvalue weighted by Gasteiger charge is 2.23. The minimum atomic E-state index is -0.336. The second kappa shape index (κ2) is 7.97. The van der Waals surface area contributed by atoms with E-state index in [2.05, 4.69) is 4.90 Å². The van der Waals surface area contributed by atoms with Gasteiger partial charge in [0.25, 0.3) is 5.91 Å². The zero-order valence-corrected chi connectivity index (χ0v) is 14.9. The van der Waals surface area contributed by atoms with Crippen LogP contribution in [-0.4, -0.2) is 77.0 Å². The summed E-state index contributed by atoms with van der Waals surface area (Å²) in [6.07, 6.45) is 1.26. The Balaban J connectivity index is 1.53. The molecular weight excluding hydrogens is 318 g/mol. The van der Waals surface area contributed by atoms with Gasteiger partial charge in [-0.05, 0) is 31.0 Å². The Labute approximate surface area is 149 Å². The van der Waals surface area contributed by atoms with Gasteiger partial charge in [-0.2, -0.15) is 0 Å². The van der Waals surface area contributed by atoms with Crippen molar-refractivity contribution >= 4 is 11.8 Å². The van der Waals surface area contributed by atoms with Crippen molar-refractivity contribution in [2.24, 2.45) is 0 Å². The minimum Gasteiger partial charge on any atom is -0.392 e. The van der Waals surface area contributed by atoms with Gasteiger partial charge in [0.2, 0.25) is 5.91 Å². The summed E-state index contributed by atoms with van der Waals surface area (Å²) in [5, 5.41) is 9.46. The molecule has 1 atom stereocenters. The van der Waals surface area contributed by atoms with Crippen molar-refractivity contribution in [3.63, 3.8) is 0 Å². The lowest BCUT2D eigenvalue weighted by molar-refractivity contribution is -0.128. The van der Waals surface area contributed by atoms with E-state index in [0.29, 0.717) is 38.2 Å². The highest BCUT2D eigenvalue weighted by Crippen LogP contribution is 2.16. The van der Waals surface area contributed by atoms with E-state index in [1.54, 1.807) is 6.92 Å². The van der Waals surface area contributed by atoms with E-state index in [-0.39, 0.29) is 17.9 Å². The molecule has 0 bridgehead atoms. The van der Waals surface area contributed by atoms with E-state index < -0.39 is 0 Å². The van der Waals surface area contributed by atoms with E-state index in [4.69, 9.17) is 0 Å². The van der Waals surface area contributed by atoms with Crippen LogP contribution in [0.4, 0.5) is 0 Å². The van der Waals surface area contributed by atoms with Gasteiger partial charge >= 0.3 is 0 Å². The van der Waals surface area contributed by atoms with Crippen LogP contribution in [-0.2, 0) is 11.3 Å². The number of piperazine rings is 1. The maximum absolute atomic E-state index is 12.6. The number of carbonyl (C=O) groups is 2.